The zero-order chi connectivity index (χ0) is 33.5. The molecule has 2 aliphatic heterocycles. The fraction of sp³-hybridized carbons (Fsp3) is 0.256. The van der Waals surface area contributed by atoms with Crippen LogP contribution in [0.3, 0.4) is 0 Å². The van der Waals surface area contributed by atoms with Gasteiger partial charge >= 0.3 is 0 Å². The van der Waals surface area contributed by atoms with E-state index in [4.69, 9.17) is 21.1 Å². The molecule has 0 radical (unpaired) electrons. The summed E-state index contributed by atoms with van der Waals surface area (Å²) >= 11 is 6.08. The van der Waals surface area contributed by atoms with Crippen molar-refractivity contribution in [1.29, 1.82) is 0 Å². The van der Waals surface area contributed by atoms with E-state index in [-0.39, 0.29) is 29.8 Å². The van der Waals surface area contributed by atoms with Crippen LogP contribution >= 0.6 is 11.6 Å². The second-order valence-corrected chi connectivity index (χ2v) is 12.8. The molecule has 4 aromatic carbocycles. The monoisotopic (exact) mass is 662 g/mol. The van der Waals surface area contributed by atoms with E-state index in [1.54, 1.807) is 37.3 Å². The summed E-state index contributed by atoms with van der Waals surface area (Å²) in [5.74, 6) is -1.49. The fourth-order valence-electron chi connectivity index (χ4n) is 7.22. The summed E-state index contributed by atoms with van der Waals surface area (Å²) in [6.07, 6.45) is 3.22. The maximum Gasteiger partial charge on any atom is 0.290 e. The maximum atomic E-state index is 13.8. The lowest BCUT2D eigenvalue weighted by Crippen LogP contribution is -2.37. The third kappa shape index (κ3) is 5.60. The number of benzene rings is 4. The van der Waals surface area contributed by atoms with Crippen molar-refractivity contribution in [2.24, 2.45) is 5.92 Å². The number of nitrogens with zero attached hydrogens (tertiary/aromatic N) is 1. The number of rotatable bonds is 9. The number of aryl methyl sites for hydroxylation is 1. The van der Waals surface area contributed by atoms with Gasteiger partial charge in [-0.1, -0.05) is 54.1 Å². The number of amides is 3. The Morgan fingerprint density at radius 2 is 1.77 bits per heavy atom. The number of anilines is 2. The number of aliphatic hydroxyl groups is 1. The van der Waals surface area contributed by atoms with Gasteiger partial charge in [0.25, 0.3) is 17.7 Å². The highest BCUT2D eigenvalue weighted by Gasteiger charge is 2.40. The number of halogens is 1. The van der Waals surface area contributed by atoms with E-state index >= 15 is 0 Å². The third-order valence-electron chi connectivity index (χ3n) is 9.43. The van der Waals surface area contributed by atoms with Crippen molar-refractivity contribution in [1.82, 2.24) is 0 Å². The zero-order valence-electron chi connectivity index (χ0n) is 26.7. The fourth-order valence-corrected chi connectivity index (χ4v) is 7.40. The van der Waals surface area contributed by atoms with Crippen LogP contribution < -0.4 is 10.2 Å². The van der Waals surface area contributed by atoms with Gasteiger partial charge < -0.3 is 19.9 Å². The standard InChI is InChI=1S/C39H35ClN2O6/c1-3-47-39-30(12-7-17-43)32(28-11-6-10-27-26-9-5-4-8-23(26)19-31(27)28)21-35(48-39)36(44)41-25-14-16-34(22(2)18-25)42-37(45)29-15-13-24(40)20-33(29)38(42)46/h4-6,8-11,13-16,18,20-21,30,32,39,43H,3,7,12,17,19H2,1-2H3,(H,41,44)/t30-,32-,39-/m0/s1. The Balaban J connectivity index is 1.19. The van der Waals surface area contributed by atoms with Gasteiger partial charge in [0, 0.05) is 35.8 Å². The average Bonchev–Trinajstić information content (AvgIpc) is 3.58. The molecule has 8 nitrogen and oxygen atoms in total. The van der Waals surface area contributed by atoms with Gasteiger partial charge in [0.15, 0.2) is 5.76 Å². The molecule has 2 N–H and O–H groups in total. The highest BCUT2D eigenvalue weighted by molar-refractivity contribution is 6.37. The molecular formula is C39H35ClN2O6. The molecule has 1 aliphatic carbocycles. The van der Waals surface area contributed by atoms with Crippen molar-refractivity contribution in [2.75, 3.05) is 23.4 Å². The minimum atomic E-state index is -0.691. The SMILES string of the molecule is CCO[C@H]1OC(C(=O)Nc2ccc(N3C(=O)c4ccc(Cl)cc4C3=O)c(C)c2)=C[C@@H](c2cccc3c2Cc2ccccc2-3)[C@@H]1CCCO. The molecule has 48 heavy (non-hydrogen) atoms. The Labute approximate surface area is 283 Å². The molecule has 0 saturated carbocycles. The lowest BCUT2D eigenvalue weighted by Gasteiger charge is -2.37. The molecule has 244 valence electrons. The summed E-state index contributed by atoms with van der Waals surface area (Å²) in [4.78, 5) is 41.3. The molecular weight excluding hydrogens is 628 g/mol. The second kappa shape index (κ2) is 13.0. The van der Waals surface area contributed by atoms with Gasteiger partial charge in [-0.05, 0) is 109 Å². The molecule has 0 bridgehead atoms. The van der Waals surface area contributed by atoms with Crippen LogP contribution in [0, 0.1) is 12.8 Å². The predicted molar refractivity (Wildman–Crippen MR) is 184 cm³/mol. The van der Waals surface area contributed by atoms with Gasteiger partial charge in [-0.15, -0.1) is 0 Å². The van der Waals surface area contributed by atoms with Crippen LogP contribution in [0.2, 0.25) is 5.02 Å². The molecule has 2 heterocycles. The first-order valence-corrected chi connectivity index (χ1v) is 16.6. The van der Waals surface area contributed by atoms with E-state index in [0.29, 0.717) is 47.0 Å². The Bertz CT molecular complexity index is 1990. The molecule has 3 atom stereocenters. The number of ether oxygens (including phenoxy) is 2. The molecule has 0 spiro atoms. The van der Waals surface area contributed by atoms with E-state index in [2.05, 4.69) is 47.8 Å². The lowest BCUT2D eigenvalue weighted by molar-refractivity contribution is -0.165. The van der Waals surface area contributed by atoms with Gasteiger partial charge in [-0.25, -0.2) is 4.90 Å². The van der Waals surface area contributed by atoms with Gasteiger partial charge in [0.1, 0.15) is 0 Å². The summed E-state index contributed by atoms with van der Waals surface area (Å²) in [7, 11) is 0. The number of fused-ring (bicyclic) bond motifs is 4. The lowest BCUT2D eigenvalue weighted by atomic mass is 9.78. The van der Waals surface area contributed by atoms with Crippen LogP contribution in [0.1, 0.15) is 68.7 Å². The highest BCUT2D eigenvalue weighted by Crippen LogP contribution is 2.46. The number of carbonyl (C=O) groups is 3. The smallest absolute Gasteiger partial charge is 0.290 e. The van der Waals surface area contributed by atoms with E-state index in [9.17, 15) is 19.5 Å². The predicted octanol–water partition coefficient (Wildman–Crippen LogP) is 7.41. The van der Waals surface area contributed by atoms with Crippen molar-refractivity contribution in [2.45, 2.75) is 45.3 Å². The van der Waals surface area contributed by atoms with Crippen molar-refractivity contribution in [3.63, 3.8) is 0 Å². The van der Waals surface area contributed by atoms with Crippen LogP contribution in [0.15, 0.2) is 90.7 Å². The molecule has 3 amide bonds. The van der Waals surface area contributed by atoms with Gasteiger partial charge in [-0.2, -0.15) is 0 Å². The summed E-state index contributed by atoms with van der Waals surface area (Å²) < 4.78 is 12.3. The molecule has 4 aromatic rings. The van der Waals surface area contributed by atoms with E-state index < -0.39 is 24.0 Å². The number of nitrogens with one attached hydrogen (secondary N) is 1. The van der Waals surface area contributed by atoms with Gasteiger partial charge in [-0.3, -0.25) is 14.4 Å². The number of aliphatic hydroxyl groups excluding tert-OH is 1. The Kier molecular flexibility index (Phi) is 8.64. The highest BCUT2D eigenvalue weighted by atomic mass is 35.5. The normalized spacial score (nSPS) is 19.4. The summed E-state index contributed by atoms with van der Waals surface area (Å²) in [6, 6.07) is 24.4. The maximum absolute atomic E-state index is 13.8. The van der Waals surface area contributed by atoms with E-state index in [1.165, 1.54) is 28.3 Å². The van der Waals surface area contributed by atoms with Crippen LogP contribution in [0.25, 0.3) is 11.1 Å². The van der Waals surface area contributed by atoms with Crippen molar-refractivity contribution >= 4 is 40.7 Å². The largest absolute Gasteiger partial charge is 0.459 e. The van der Waals surface area contributed by atoms with E-state index in [1.807, 2.05) is 13.0 Å². The molecule has 0 fully saturated rings. The number of imide groups is 1. The van der Waals surface area contributed by atoms with Crippen molar-refractivity contribution < 1.29 is 29.0 Å². The first-order chi connectivity index (χ1) is 23.3. The van der Waals surface area contributed by atoms with Crippen LogP contribution in [0.5, 0.6) is 0 Å². The van der Waals surface area contributed by atoms with Crippen molar-refractivity contribution in [3.8, 4) is 11.1 Å². The number of hydrogen-bond donors (Lipinski definition) is 2. The first-order valence-electron chi connectivity index (χ1n) is 16.2. The van der Waals surface area contributed by atoms with Crippen LogP contribution in [-0.2, 0) is 20.7 Å². The van der Waals surface area contributed by atoms with Gasteiger partial charge in [0.05, 0.1) is 16.8 Å². The van der Waals surface area contributed by atoms with Gasteiger partial charge in [0.2, 0.25) is 6.29 Å². The Hall–Kier alpha value is -4.76. The molecule has 0 saturated heterocycles. The minimum absolute atomic E-state index is 0.0429. The van der Waals surface area contributed by atoms with Crippen LogP contribution in [-0.4, -0.2) is 42.3 Å². The Morgan fingerprint density at radius 1 is 0.979 bits per heavy atom. The molecule has 9 heteroatoms. The molecule has 3 aliphatic rings. The number of carbonyl (C=O) groups excluding carboxylic acids is 3. The molecule has 0 unspecified atom stereocenters. The summed E-state index contributed by atoms with van der Waals surface area (Å²) in [5.41, 5.74) is 8.12. The third-order valence-corrected chi connectivity index (χ3v) is 9.66. The zero-order valence-corrected chi connectivity index (χ0v) is 27.4. The quantitative estimate of drug-likeness (QED) is 0.159. The van der Waals surface area contributed by atoms with E-state index in [0.717, 1.165) is 16.9 Å². The summed E-state index contributed by atoms with van der Waals surface area (Å²) in [5, 5.41) is 13.1. The number of hydrogen-bond acceptors (Lipinski definition) is 6. The second-order valence-electron chi connectivity index (χ2n) is 12.3. The summed E-state index contributed by atoms with van der Waals surface area (Å²) in [6.45, 7) is 4.11. The molecule has 0 aromatic heterocycles. The van der Waals surface area contributed by atoms with Crippen molar-refractivity contribution in [3.05, 3.63) is 129 Å². The Morgan fingerprint density at radius 3 is 2.56 bits per heavy atom. The topological polar surface area (TPSA) is 105 Å². The number of allylic oxidation sites excluding steroid dienone is 1. The first kappa shape index (κ1) is 31.8. The minimum Gasteiger partial charge on any atom is -0.459 e. The average molecular weight is 663 g/mol. The van der Waals surface area contributed by atoms with Crippen LogP contribution in [0.4, 0.5) is 11.4 Å². The molecule has 7 rings (SSSR count).